The van der Waals surface area contributed by atoms with Crippen molar-refractivity contribution < 1.29 is 19.1 Å². The minimum Gasteiger partial charge on any atom is -0.483 e. The summed E-state index contributed by atoms with van der Waals surface area (Å²) in [6.07, 6.45) is 1.28. The maximum atomic E-state index is 12.4. The maximum absolute atomic E-state index is 12.4. The van der Waals surface area contributed by atoms with E-state index in [-0.39, 0.29) is 12.5 Å². The Morgan fingerprint density at radius 2 is 1.63 bits per heavy atom. The number of carbonyl (C=O) groups is 3. The van der Waals surface area contributed by atoms with Crippen molar-refractivity contribution in [3.8, 4) is 5.75 Å². The number of amides is 3. The van der Waals surface area contributed by atoms with Gasteiger partial charge in [-0.25, -0.2) is 5.43 Å². The molecule has 3 rings (SSSR count). The molecule has 3 N–H and O–H groups in total. The predicted molar refractivity (Wildman–Crippen MR) is 137 cm³/mol. The number of nitrogens with zero attached hydrogens (tertiary/aromatic N) is 1. The van der Waals surface area contributed by atoms with Gasteiger partial charge in [0.25, 0.3) is 5.91 Å². The van der Waals surface area contributed by atoms with Gasteiger partial charge in [-0.15, -0.1) is 0 Å². The highest BCUT2D eigenvalue weighted by Crippen LogP contribution is 2.22. The maximum Gasteiger partial charge on any atom is 0.329 e. The molecular weight excluding hydrogens is 468 g/mol. The Labute approximate surface area is 208 Å². The second kappa shape index (κ2) is 11.8. The van der Waals surface area contributed by atoms with Crippen LogP contribution in [-0.4, -0.2) is 30.5 Å². The number of halogens is 1. The van der Waals surface area contributed by atoms with Gasteiger partial charge < -0.3 is 15.4 Å². The number of hydrogen-bond acceptors (Lipinski definition) is 5. The zero-order valence-electron chi connectivity index (χ0n) is 19.5. The second-order valence-corrected chi connectivity index (χ2v) is 8.24. The van der Waals surface area contributed by atoms with Crippen LogP contribution in [0.3, 0.4) is 0 Å². The third-order valence-electron chi connectivity index (χ3n) is 4.96. The van der Waals surface area contributed by atoms with Crippen molar-refractivity contribution in [1.29, 1.82) is 0 Å². The number of para-hydroxylation sites is 1. The topological polar surface area (TPSA) is 109 Å². The molecule has 0 aliphatic heterocycles. The summed E-state index contributed by atoms with van der Waals surface area (Å²) in [7, 11) is 0. The number of carbonyl (C=O) groups excluding carboxylic acids is 3. The van der Waals surface area contributed by atoms with Crippen LogP contribution in [0, 0.1) is 20.8 Å². The monoisotopic (exact) mass is 492 g/mol. The fourth-order valence-electron chi connectivity index (χ4n) is 3.14. The van der Waals surface area contributed by atoms with Crippen LogP contribution < -0.4 is 20.8 Å². The van der Waals surface area contributed by atoms with E-state index in [4.69, 9.17) is 16.3 Å². The zero-order valence-corrected chi connectivity index (χ0v) is 20.3. The summed E-state index contributed by atoms with van der Waals surface area (Å²) in [6, 6.07) is 17.5. The van der Waals surface area contributed by atoms with Gasteiger partial charge in [0, 0.05) is 22.0 Å². The van der Waals surface area contributed by atoms with Gasteiger partial charge >= 0.3 is 11.8 Å². The molecule has 0 fully saturated rings. The predicted octanol–water partition coefficient (Wildman–Crippen LogP) is 4.37. The Morgan fingerprint density at radius 1 is 0.886 bits per heavy atom. The van der Waals surface area contributed by atoms with Crippen molar-refractivity contribution in [2.75, 3.05) is 17.2 Å². The first-order chi connectivity index (χ1) is 16.7. The first-order valence-electron chi connectivity index (χ1n) is 10.7. The molecule has 0 saturated carbocycles. The van der Waals surface area contributed by atoms with Crippen molar-refractivity contribution >= 4 is 46.9 Å². The first-order valence-corrected chi connectivity index (χ1v) is 11.1. The van der Waals surface area contributed by atoms with Crippen LogP contribution in [0.2, 0.25) is 5.02 Å². The van der Waals surface area contributed by atoms with E-state index in [1.54, 1.807) is 30.3 Å². The number of hydrogen-bond donors (Lipinski definition) is 3. The lowest BCUT2D eigenvalue weighted by Gasteiger charge is -2.12. The lowest BCUT2D eigenvalue weighted by atomic mass is 10.1. The van der Waals surface area contributed by atoms with Crippen molar-refractivity contribution in [2.45, 2.75) is 20.8 Å². The van der Waals surface area contributed by atoms with E-state index in [2.05, 4.69) is 21.2 Å². The van der Waals surface area contributed by atoms with Crippen LogP contribution >= 0.6 is 11.6 Å². The Kier molecular flexibility index (Phi) is 8.58. The number of anilines is 2. The number of ether oxygens (including phenoxy) is 1. The summed E-state index contributed by atoms with van der Waals surface area (Å²) >= 11 is 6.07. The Hall–Kier alpha value is -4.17. The molecule has 0 radical (unpaired) electrons. The summed E-state index contributed by atoms with van der Waals surface area (Å²) < 4.78 is 5.63. The standard InChI is InChI=1S/C26H25ClN4O4/c1-16-8-10-22(18(3)12-16)29-24(32)15-35-23-11-9-20(27)13-19(23)14-28-31-26(34)25(33)30-21-7-5-4-6-17(21)2/h4-14H,15H2,1-3H3,(H,29,32)(H,30,33)(H,31,34)/b28-14-. The van der Waals surface area contributed by atoms with Gasteiger partial charge in [0.15, 0.2) is 6.61 Å². The molecule has 0 aliphatic rings. The number of rotatable bonds is 7. The fraction of sp³-hybridized carbons (Fsp3) is 0.154. The highest BCUT2D eigenvalue weighted by molar-refractivity contribution is 6.39. The molecule has 35 heavy (non-hydrogen) atoms. The summed E-state index contributed by atoms with van der Waals surface area (Å²) in [6.45, 7) is 5.45. The van der Waals surface area contributed by atoms with Gasteiger partial charge in [-0.1, -0.05) is 47.5 Å². The quantitative estimate of drug-likeness (QED) is 0.258. The highest BCUT2D eigenvalue weighted by atomic mass is 35.5. The van der Waals surface area contributed by atoms with Gasteiger partial charge in [0.2, 0.25) is 0 Å². The minimum atomic E-state index is -0.943. The van der Waals surface area contributed by atoms with Crippen LogP contribution in [0.1, 0.15) is 22.3 Å². The van der Waals surface area contributed by atoms with E-state index < -0.39 is 11.8 Å². The average Bonchev–Trinajstić information content (AvgIpc) is 2.81. The molecule has 9 heteroatoms. The molecule has 0 aliphatic carbocycles. The van der Waals surface area contributed by atoms with E-state index in [9.17, 15) is 14.4 Å². The zero-order chi connectivity index (χ0) is 25.4. The molecule has 0 unspecified atom stereocenters. The van der Waals surface area contributed by atoms with Crippen LogP contribution in [-0.2, 0) is 14.4 Å². The number of benzene rings is 3. The van der Waals surface area contributed by atoms with Crippen LogP contribution in [0.5, 0.6) is 5.75 Å². The molecule has 3 aromatic carbocycles. The van der Waals surface area contributed by atoms with Crippen molar-refractivity contribution in [3.63, 3.8) is 0 Å². The molecule has 3 aromatic rings. The smallest absolute Gasteiger partial charge is 0.329 e. The van der Waals surface area contributed by atoms with E-state index >= 15 is 0 Å². The molecule has 0 spiro atoms. The average molecular weight is 493 g/mol. The molecule has 0 aromatic heterocycles. The second-order valence-electron chi connectivity index (χ2n) is 7.81. The molecule has 3 amide bonds. The van der Waals surface area contributed by atoms with E-state index in [1.165, 1.54) is 6.21 Å². The molecule has 0 atom stereocenters. The van der Waals surface area contributed by atoms with E-state index in [0.717, 1.165) is 16.7 Å². The van der Waals surface area contributed by atoms with Gasteiger partial charge in [0.1, 0.15) is 5.75 Å². The largest absolute Gasteiger partial charge is 0.483 e. The lowest BCUT2D eigenvalue weighted by Crippen LogP contribution is -2.32. The van der Waals surface area contributed by atoms with E-state index in [0.29, 0.717) is 27.7 Å². The van der Waals surface area contributed by atoms with Crippen molar-refractivity contribution in [3.05, 3.63) is 87.9 Å². The number of hydrazone groups is 1. The highest BCUT2D eigenvalue weighted by Gasteiger charge is 2.14. The molecule has 8 nitrogen and oxygen atoms in total. The minimum absolute atomic E-state index is 0.249. The number of aryl methyl sites for hydroxylation is 3. The normalized spacial score (nSPS) is 10.6. The Morgan fingerprint density at radius 3 is 2.37 bits per heavy atom. The third-order valence-corrected chi connectivity index (χ3v) is 5.19. The van der Waals surface area contributed by atoms with Gasteiger partial charge in [-0.05, 0) is 62.2 Å². The summed E-state index contributed by atoms with van der Waals surface area (Å²) in [5.41, 5.74) is 6.67. The third kappa shape index (κ3) is 7.41. The van der Waals surface area contributed by atoms with Crippen LogP contribution in [0.15, 0.2) is 65.8 Å². The van der Waals surface area contributed by atoms with Gasteiger partial charge in [-0.2, -0.15) is 5.10 Å². The molecule has 0 saturated heterocycles. The fourth-order valence-corrected chi connectivity index (χ4v) is 3.32. The SMILES string of the molecule is Cc1ccc(NC(=O)COc2ccc(Cl)cc2/C=N\NC(=O)C(=O)Nc2ccccc2C)c(C)c1. The number of nitrogens with one attached hydrogen (secondary N) is 3. The summed E-state index contributed by atoms with van der Waals surface area (Å²) in [5.74, 6) is -1.81. The van der Waals surface area contributed by atoms with E-state index in [1.807, 2.05) is 51.1 Å². The molecular formula is C26H25ClN4O4. The Bertz CT molecular complexity index is 1290. The lowest BCUT2D eigenvalue weighted by molar-refractivity contribution is -0.136. The summed E-state index contributed by atoms with van der Waals surface area (Å²) in [4.78, 5) is 36.6. The van der Waals surface area contributed by atoms with Crippen LogP contribution in [0.4, 0.5) is 11.4 Å². The molecule has 0 heterocycles. The van der Waals surface area contributed by atoms with Crippen molar-refractivity contribution in [2.24, 2.45) is 5.10 Å². The Balaban J connectivity index is 1.59. The first kappa shape index (κ1) is 25.5. The van der Waals surface area contributed by atoms with Gasteiger partial charge in [-0.3, -0.25) is 14.4 Å². The summed E-state index contributed by atoms with van der Waals surface area (Å²) in [5, 5.41) is 9.55. The van der Waals surface area contributed by atoms with Crippen molar-refractivity contribution in [1.82, 2.24) is 5.43 Å². The van der Waals surface area contributed by atoms with Gasteiger partial charge in [0.05, 0.1) is 6.21 Å². The van der Waals surface area contributed by atoms with Crippen LogP contribution in [0.25, 0.3) is 0 Å². The molecule has 180 valence electrons. The molecule has 0 bridgehead atoms.